The molecule has 0 bridgehead atoms. The molecule has 2 rings (SSSR count). The maximum atomic E-state index is 11.0. The molecule has 0 aliphatic heterocycles. The third-order valence-electron chi connectivity index (χ3n) is 1.50. The molecule has 0 unspecified atom stereocenters. The Morgan fingerprint density at radius 2 is 2.27 bits per heavy atom. The average Bonchev–Trinajstić information content (AvgIpc) is 2.45. The van der Waals surface area contributed by atoms with Crippen LogP contribution in [0.1, 0.15) is 0 Å². The van der Waals surface area contributed by atoms with Crippen LogP contribution in [0.4, 0.5) is 5.69 Å². The minimum atomic E-state index is -0.202. The molecule has 0 saturated carbocycles. The molecule has 2 aromatic heterocycles. The summed E-state index contributed by atoms with van der Waals surface area (Å²) in [6.07, 6.45) is 2.88. The first-order valence-electron chi connectivity index (χ1n) is 3.09. The van der Waals surface area contributed by atoms with Crippen molar-refractivity contribution in [2.24, 2.45) is 0 Å². The van der Waals surface area contributed by atoms with Crippen molar-refractivity contribution >= 4 is 16.7 Å². The lowest BCUT2D eigenvalue weighted by Crippen LogP contribution is -2.06. The standard InChI is InChI=1S/C6H6N4O/c7-3-1-8-6(11)5-4(3)9-2-10-5/h1-2H,7H2,(H,8,11)(H,9,10). The van der Waals surface area contributed by atoms with Gasteiger partial charge in [-0.3, -0.25) is 4.79 Å². The van der Waals surface area contributed by atoms with Crippen molar-refractivity contribution in [3.63, 3.8) is 0 Å². The van der Waals surface area contributed by atoms with E-state index in [4.69, 9.17) is 5.73 Å². The van der Waals surface area contributed by atoms with Crippen molar-refractivity contribution in [1.29, 1.82) is 0 Å². The summed E-state index contributed by atoms with van der Waals surface area (Å²) in [4.78, 5) is 20.1. The second-order valence-electron chi connectivity index (χ2n) is 2.20. The number of hydrogen-bond acceptors (Lipinski definition) is 3. The van der Waals surface area contributed by atoms with Crippen LogP contribution >= 0.6 is 0 Å². The number of fused-ring (bicyclic) bond motifs is 1. The zero-order valence-electron chi connectivity index (χ0n) is 5.59. The van der Waals surface area contributed by atoms with Crippen LogP contribution in [-0.4, -0.2) is 15.0 Å². The van der Waals surface area contributed by atoms with Gasteiger partial charge < -0.3 is 15.7 Å². The summed E-state index contributed by atoms with van der Waals surface area (Å²) in [6.45, 7) is 0. The number of imidazole rings is 1. The predicted molar refractivity (Wildman–Crippen MR) is 41.1 cm³/mol. The van der Waals surface area contributed by atoms with Crippen molar-refractivity contribution in [3.8, 4) is 0 Å². The molecule has 0 aliphatic rings. The molecule has 0 aromatic carbocycles. The zero-order chi connectivity index (χ0) is 7.84. The van der Waals surface area contributed by atoms with E-state index in [2.05, 4.69) is 15.0 Å². The number of nitrogen functional groups attached to an aromatic ring is 1. The first-order chi connectivity index (χ1) is 5.29. The van der Waals surface area contributed by atoms with Gasteiger partial charge in [0.15, 0.2) is 0 Å². The predicted octanol–water partition coefficient (Wildman–Crippen LogP) is -0.167. The van der Waals surface area contributed by atoms with E-state index in [1.54, 1.807) is 0 Å². The van der Waals surface area contributed by atoms with E-state index in [0.717, 1.165) is 0 Å². The van der Waals surface area contributed by atoms with Crippen molar-refractivity contribution in [3.05, 3.63) is 22.9 Å². The number of aromatic amines is 2. The van der Waals surface area contributed by atoms with Crippen LogP contribution in [0.15, 0.2) is 17.3 Å². The van der Waals surface area contributed by atoms with Crippen molar-refractivity contribution < 1.29 is 0 Å². The third kappa shape index (κ3) is 0.706. The van der Waals surface area contributed by atoms with Crippen LogP contribution in [0.5, 0.6) is 0 Å². The van der Waals surface area contributed by atoms with Gasteiger partial charge in [-0.25, -0.2) is 4.98 Å². The molecule has 0 fully saturated rings. The number of aromatic nitrogens is 3. The van der Waals surface area contributed by atoms with Gasteiger partial charge in [0.2, 0.25) is 0 Å². The Balaban J connectivity index is 3.08. The molecule has 5 heteroatoms. The van der Waals surface area contributed by atoms with E-state index >= 15 is 0 Å². The Morgan fingerprint density at radius 1 is 1.45 bits per heavy atom. The van der Waals surface area contributed by atoms with Gasteiger partial charge in [0.1, 0.15) is 11.0 Å². The highest BCUT2D eigenvalue weighted by Gasteiger charge is 2.02. The first-order valence-corrected chi connectivity index (χ1v) is 3.09. The summed E-state index contributed by atoms with van der Waals surface area (Å²) >= 11 is 0. The highest BCUT2D eigenvalue weighted by atomic mass is 16.1. The third-order valence-corrected chi connectivity index (χ3v) is 1.50. The molecule has 0 atom stereocenters. The van der Waals surface area contributed by atoms with E-state index in [1.807, 2.05) is 0 Å². The van der Waals surface area contributed by atoms with Gasteiger partial charge in [-0.2, -0.15) is 0 Å². The molecule has 0 spiro atoms. The Kier molecular flexibility index (Phi) is 1.00. The molecule has 0 radical (unpaired) electrons. The fourth-order valence-corrected chi connectivity index (χ4v) is 0.970. The molecule has 0 aliphatic carbocycles. The maximum Gasteiger partial charge on any atom is 0.274 e. The Morgan fingerprint density at radius 3 is 3.00 bits per heavy atom. The molecule has 56 valence electrons. The van der Waals surface area contributed by atoms with Crippen LogP contribution < -0.4 is 11.3 Å². The van der Waals surface area contributed by atoms with Crippen LogP contribution in [0, 0.1) is 0 Å². The van der Waals surface area contributed by atoms with Crippen molar-refractivity contribution in [2.75, 3.05) is 5.73 Å². The number of nitrogens with zero attached hydrogens (tertiary/aromatic N) is 1. The van der Waals surface area contributed by atoms with Gasteiger partial charge in [-0.1, -0.05) is 0 Å². The van der Waals surface area contributed by atoms with Gasteiger partial charge in [0.05, 0.1) is 12.0 Å². The molecule has 4 N–H and O–H groups in total. The average molecular weight is 150 g/mol. The molecule has 11 heavy (non-hydrogen) atoms. The quantitative estimate of drug-likeness (QED) is 0.487. The summed E-state index contributed by atoms with van der Waals surface area (Å²) < 4.78 is 0. The monoisotopic (exact) mass is 150 g/mol. The normalized spacial score (nSPS) is 10.5. The van der Waals surface area contributed by atoms with Crippen LogP contribution in [0.25, 0.3) is 11.0 Å². The fourth-order valence-electron chi connectivity index (χ4n) is 0.970. The highest BCUT2D eigenvalue weighted by Crippen LogP contribution is 2.09. The second-order valence-corrected chi connectivity index (χ2v) is 2.20. The molecular weight excluding hydrogens is 144 g/mol. The van der Waals surface area contributed by atoms with Gasteiger partial charge in [-0.05, 0) is 0 Å². The van der Waals surface area contributed by atoms with Crippen LogP contribution in [0.2, 0.25) is 0 Å². The number of pyridine rings is 1. The summed E-state index contributed by atoms with van der Waals surface area (Å²) in [5.41, 5.74) is 6.73. The topological polar surface area (TPSA) is 87.6 Å². The second kappa shape index (κ2) is 1.85. The fraction of sp³-hybridized carbons (Fsp3) is 0. The summed E-state index contributed by atoms with van der Waals surface area (Å²) in [7, 11) is 0. The van der Waals surface area contributed by atoms with Crippen LogP contribution in [0.3, 0.4) is 0 Å². The smallest absolute Gasteiger partial charge is 0.274 e. The minimum absolute atomic E-state index is 0.202. The SMILES string of the molecule is Nc1c[nH]c(=O)c2[nH]cnc12. The van der Waals surface area contributed by atoms with Crippen LogP contribution in [-0.2, 0) is 0 Å². The Hall–Kier alpha value is -1.78. The summed E-state index contributed by atoms with van der Waals surface area (Å²) in [5, 5.41) is 0. The lowest BCUT2D eigenvalue weighted by molar-refractivity contribution is 1.26. The number of H-pyrrole nitrogens is 2. The number of nitrogens with one attached hydrogen (secondary N) is 2. The summed E-state index contributed by atoms with van der Waals surface area (Å²) in [6, 6.07) is 0. The minimum Gasteiger partial charge on any atom is -0.396 e. The van der Waals surface area contributed by atoms with Crippen molar-refractivity contribution in [2.45, 2.75) is 0 Å². The lowest BCUT2D eigenvalue weighted by Gasteiger charge is -1.90. The van der Waals surface area contributed by atoms with E-state index in [9.17, 15) is 4.79 Å². The number of rotatable bonds is 0. The number of hydrogen-bond donors (Lipinski definition) is 3. The molecule has 0 amide bonds. The Bertz CT molecular complexity index is 441. The van der Waals surface area contributed by atoms with Crippen molar-refractivity contribution in [1.82, 2.24) is 15.0 Å². The Labute approximate surface area is 61.3 Å². The molecule has 2 heterocycles. The molecule has 2 aromatic rings. The van der Waals surface area contributed by atoms with E-state index in [0.29, 0.717) is 16.7 Å². The first kappa shape index (κ1) is 5.96. The lowest BCUT2D eigenvalue weighted by atomic mass is 10.3. The van der Waals surface area contributed by atoms with E-state index in [-0.39, 0.29) is 5.56 Å². The highest BCUT2D eigenvalue weighted by molar-refractivity contribution is 5.84. The van der Waals surface area contributed by atoms with Gasteiger partial charge in [-0.15, -0.1) is 0 Å². The van der Waals surface area contributed by atoms with Gasteiger partial charge in [0, 0.05) is 6.20 Å². The van der Waals surface area contributed by atoms with Gasteiger partial charge >= 0.3 is 0 Å². The number of anilines is 1. The number of nitrogens with two attached hydrogens (primary N) is 1. The molecule has 5 nitrogen and oxygen atoms in total. The molecule has 0 saturated heterocycles. The molecular formula is C6H6N4O. The maximum absolute atomic E-state index is 11.0. The largest absolute Gasteiger partial charge is 0.396 e. The van der Waals surface area contributed by atoms with E-state index < -0.39 is 0 Å². The summed E-state index contributed by atoms with van der Waals surface area (Å²) in [5.74, 6) is 0. The zero-order valence-corrected chi connectivity index (χ0v) is 5.59. The van der Waals surface area contributed by atoms with E-state index in [1.165, 1.54) is 12.5 Å². The van der Waals surface area contributed by atoms with Gasteiger partial charge in [0.25, 0.3) is 5.56 Å².